The Morgan fingerprint density at radius 2 is 2.09 bits per heavy atom. The number of ether oxygens (including phenoxy) is 1. The molecule has 1 fully saturated rings. The van der Waals surface area contributed by atoms with Crippen LogP contribution in [0.3, 0.4) is 0 Å². The Morgan fingerprint density at radius 1 is 1.30 bits per heavy atom. The number of rotatable bonds is 4. The van der Waals surface area contributed by atoms with Crippen LogP contribution in [0.4, 0.5) is 24.7 Å². The molecule has 1 aliphatic rings. The van der Waals surface area contributed by atoms with E-state index in [-0.39, 0.29) is 32.4 Å². The van der Waals surface area contributed by atoms with Crippen molar-refractivity contribution >= 4 is 50.4 Å². The van der Waals surface area contributed by atoms with Crippen LogP contribution in [0.5, 0.6) is 0 Å². The quantitative estimate of drug-likeness (QED) is 0.262. The van der Waals surface area contributed by atoms with Crippen molar-refractivity contribution in [2.24, 2.45) is 4.99 Å². The molecule has 14 heteroatoms. The number of nitrogens with two attached hydrogens (primary N) is 1. The zero-order valence-electron chi connectivity index (χ0n) is 16.7. The van der Waals surface area contributed by atoms with E-state index in [0.29, 0.717) is 31.2 Å². The molecule has 0 saturated carbocycles. The lowest BCUT2D eigenvalue weighted by Crippen LogP contribution is -2.62. The van der Waals surface area contributed by atoms with E-state index in [0.717, 1.165) is 17.4 Å². The van der Waals surface area contributed by atoms with Crippen LogP contribution in [-0.2, 0) is 10.9 Å². The number of nitrogens with zero attached hydrogens (tertiary/aromatic N) is 5. The summed E-state index contributed by atoms with van der Waals surface area (Å²) in [6, 6.07) is 4.34. The lowest BCUT2D eigenvalue weighted by atomic mass is 10.1. The molecule has 172 valence electrons. The van der Waals surface area contributed by atoms with Gasteiger partial charge in [-0.1, -0.05) is 6.07 Å². The number of aliphatic imine (C=N–C) groups is 1. The summed E-state index contributed by atoms with van der Waals surface area (Å²) in [6.07, 6.45) is -3.28. The minimum Gasteiger partial charge on any atom is -0.857 e. The fraction of sp³-hybridized carbons (Fsp3) is 0.263. The number of fused-ring (bicyclic) bond motifs is 1. The molecule has 4 aromatic heterocycles. The summed E-state index contributed by atoms with van der Waals surface area (Å²) in [5.74, 6) is -0.946. The van der Waals surface area contributed by atoms with E-state index in [1.165, 1.54) is 22.3 Å². The minimum atomic E-state index is -4.69. The van der Waals surface area contributed by atoms with Crippen molar-refractivity contribution in [3.05, 3.63) is 40.2 Å². The fourth-order valence-electron chi connectivity index (χ4n) is 3.38. The molecule has 5 rings (SSSR count). The van der Waals surface area contributed by atoms with E-state index in [4.69, 9.17) is 15.0 Å². The monoisotopic (exact) mass is 496 g/mol. The highest BCUT2D eigenvalue weighted by molar-refractivity contribution is 7.21. The third-order valence-corrected chi connectivity index (χ3v) is 6.88. The van der Waals surface area contributed by atoms with Crippen LogP contribution >= 0.6 is 22.7 Å². The molecule has 1 saturated heterocycles. The Labute approximate surface area is 192 Å². The van der Waals surface area contributed by atoms with Crippen LogP contribution in [-0.4, -0.2) is 42.5 Å². The van der Waals surface area contributed by atoms with Crippen LogP contribution in [0.15, 0.2) is 39.3 Å². The fourth-order valence-corrected chi connectivity index (χ4v) is 5.07. The minimum absolute atomic E-state index is 0.00484. The van der Waals surface area contributed by atoms with Gasteiger partial charge >= 0.3 is 12.1 Å². The second kappa shape index (κ2) is 8.28. The molecule has 5 heterocycles. The average Bonchev–Trinajstić information content (AvgIpc) is 3.54. The van der Waals surface area contributed by atoms with Crippen molar-refractivity contribution in [1.82, 2.24) is 10.3 Å². The normalized spacial score (nSPS) is 15.5. The van der Waals surface area contributed by atoms with Crippen LogP contribution in [0.1, 0.15) is 10.4 Å². The number of pyridine rings is 1. The molecule has 0 amide bonds. The molecular weight excluding hydrogens is 481 g/mol. The van der Waals surface area contributed by atoms with Crippen LogP contribution in [0.25, 0.3) is 20.8 Å². The summed E-state index contributed by atoms with van der Waals surface area (Å²) in [4.78, 5) is 9.99. The smallest absolute Gasteiger partial charge is 0.417 e. The second-order valence-electron chi connectivity index (χ2n) is 7.00. The van der Waals surface area contributed by atoms with E-state index < -0.39 is 17.6 Å². The molecule has 1 aliphatic heterocycles. The van der Waals surface area contributed by atoms with E-state index in [1.807, 2.05) is 5.01 Å². The Morgan fingerprint density at radius 3 is 2.79 bits per heavy atom. The Bertz CT molecular complexity index is 1330. The summed E-state index contributed by atoms with van der Waals surface area (Å²) >= 11 is 2.02. The first-order chi connectivity index (χ1) is 15.8. The lowest BCUT2D eigenvalue weighted by molar-refractivity contribution is -0.759. The number of morpholine rings is 1. The van der Waals surface area contributed by atoms with Crippen molar-refractivity contribution in [1.29, 1.82) is 0 Å². The highest BCUT2D eigenvalue weighted by Crippen LogP contribution is 2.43. The van der Waals surface area contributed by atoms with Gasteiger partial charge in [-0.3, -0.25) is 4.52 Å². The third-order valence-electron chi connectivity index (χ3n) is 4.91. The molecule has 0 aromatic carbocycles. The summed E-state index contributed by atoms with van der Waals surface area (Å²) in [5.41, 5.74) is 4.89. The molecule has 0 unspecified atom stereocenters. The van der Waals surface area contributed by atoms with E-state index >= 15 is 0 Å². The summed E-state index contributed by atoms with van der Waals surface area (Å²) in [6.45, 7) is 2.19. The van der Waals surface area contributed by atoms with Crippen LogP contribution < -0.4 is 20.6 Å². The molecule has 0 aliphatic carbocycles. The van der Waals surface area contributed by atoms with Gasteiger partial charge in [0.15, 0.2) is 0 Å². The van der Waals surface area contributed by atoms with Gasteiger partial charge in [0.05, 0.1) is 57.8 Å². The van der Waals surface area contributed by atoms with E-state index in [2.05, 4.69) is 15.2 Å². The molecule has 9 nitrogen and oxygen atoms in total. The average molecular weight is 496 g/mol. The van der Waals surface area contributed by atoms with Crippen LogP contribution in [0, 0.1) is 0 Å². The standard InChI is InChI=1S/C19H15F3N6O3S2/c20-19(21,22)10-8-11(12-2-1-7-32-12)24-18-14(10)15(23)16(33-18)17(29)25-13-9-28(26-31-13)27-3-5-30-6-4-27/h1-2,7-9H,3-6H2,(H2-,23,25,26,29). The van der Waals surface area contributed by atoms with Crippen molar-refractivity contribution in [3.63, 3.8) is 0 Å². The van der Waals surface area contributed by atoms with Gasteiger partial charge in [0.2, 0.25) is 5.27 Å². The van der Waals surface area contributed by atoms with Gasteiger partial charge in [0.25, 0.3) is 6.20 Å². The largest absolute Gasteiger partial charge is 0.857 e. The van der Waals surface area contributed by atoms with Crippen molar-refractivity contribution in [2.45, 2.75) is 6.18 Å². The van der Waals surface area contributed by atoms with Gasteiger partial charge < -0.3 is 15.6 Å². The first-order valence-electron chi connectivity index (χ1n) is 9.63. The van der Waals surface area contributed by atoms with Crippen molar-refractivity contribution < 1.29 is 32.3 Å². The highest BCUT2D eigenvalue weighted by Gasteiger charge is 2.36. The van der Waals surface area contributed by atoms with E-state index in [9.17, 15) is 18.3 Å². The number of aromatic nitrogens is 3. The summed E-state index contributed by atoms with van der Waals surface area (Å²) in [7, 11) is 0. The molecule has 0 radical (unpaired) electrons. The first-order valence-corrected chi connectivity index (χ1v) is 11.3. The number of anilines is 1. The Kier molecular flexibility index (Phi) is 5.42. The number of nitrogen functional groups attached to an aromatic ring is 1. The topological polar surface area (TPSA) is 117 Å². The number of hydrogen-bond donors (Lipinski definition) is 1. The maximum absolute atomic E-state index is 13.8. The molecule has 33 heavy (non-hydrogen) atoms. The van der Waals surface area contributed by atoms with Crippen LogP contribution in [0.2, 0.25) is 0 Å². The lowest BCUT2D eigenvalue weighted by Gasteiger charge is -2.18. The third kappa shape index (κ3) is 4.12. The van der Waals surface area contributed by atoms with Crippen molar-refractivity contribution in [3.8, 4) is 10.6 Å². The molecular formula is C19H15F3N6O3S2. The zero-order chi connectivity index (χ0) is 23.2. The summed E-state index contributed by atoms with van der Waals surface area (Å²) in [5, 5.41) is 19.9. The van der Waals surface area contributed by atoms with Gasteiger partial charge in [0.1, 0.15) is 4.83 Å². The van der Waals surface area contributed by atoms with Gasteiger partial charge in [0, 0.05) is 11.3 Å². The van der Waals surface area contributed by atoms with Gasteiger partial charge in [-0.05, 0) is 17.5 Å². The Balaban J connectivity index is 1.56. The molecule has 0 bridgehead atoms. The van der Waals surface area contributed by atoms with E-state index in [1.54, 1.807) is 17.5 Å². The first kappa shape index (κ1) is 21.6. The number of hydrogen-bond acceptors (Lipinski definition) is 10. The molecule has 0 atom stereocenters. The highest BCUT2D eigenvalue weighted by atomic mass is 32.1. The summed E-state index contributed by atoms with van der Waals surface area (Å²) < 4.78 is 51.9. The maximum Gasteiger partial charge on any atom is 0.417 e. The number of halogens is 3. The maximum atomic E-state index is 13.8. The van der Waals surface area contributed by atoms with Gasteiger partial charge in [-0.15, -0.1) is 27.7 Å². The Hall–Kier alpha value is -3.23. The van der Waals surface area contributed by atoms with Crippen molar-refractivity contribution in [2.75, 3.05) is 37.0 Å². The second-order valence-corrected chi connectivity index (χ2v) is 8.95. The zero-order valence-corrected chi connectivity index (χ0v) is 18.3. The molecule has 0 spiro atoms. The van der Waals surface area contributed by atoms with Gasteiger partial charge in [-0.25, -0.2) is 9.98 Å². The predicted molar refractivity (Wildman–Crippen MR) is 114 cm³/mol. The van der Waals surface area contributed by atoms with Gasteiger partial charge in [-0.2, -0.15) is 13.2 Å². The SMILES string of the molecule is Nc1c(/C([O-])=N/c2c[n+](N3CCOCC3)no2)sc2nc(-c3cccs3)cc(C(F)(F)F)c12. The molecule has 2 N–H and O–H groups in total. The number of alkyl halides is 3. The number of thiophene rings is 2. The predicted octanol–water partition coefficient (Wildman–Crippen LogP) is 2.31. The molecule has 4 aromatic rings.